The third-order valence-corrected chi connectivity index (χ3v) is 3.64. The molecule has 0 fully saturated rings. The van der Waals surface area contributed by atoms with E-state index in [0.717, 1.165) is 22.2 Å². The molecule has 1 atom stereocenters. The predicted octanol–water partition coefficient (Wildman–Crippen LogP) is 3.53. The Balaban J connectivity index is 2.18. The van der Waals surface area contributed by atoms with Gasteiger partial charge in [-0.05, 0) is 44.5 Å². The fraction of sp³-hybridized carbons (Fsp3) is 0.286. The van der Waals surface area contributed by atoms with E-state index in [-0.39, 0.29) is 5.25 Å². The number of aromatic nitrogens is 2. The number of hydrogen-bond donors (Lipinski definition) is 1. The molecule has 0 aliphatic rings. The number of nitrogens with zero attached hydrogens (tertiary/aromatic N) is 2. The Hall–Kier alpha value is -1.55. The molecule has 2 rings (SSSR count). The molecular weight excluding hydrogens is 242 g/mol. The predicted molar refractivity (Wildman–Crippen MR) is 76.6 cm³/mol. The van der Waals surface area contributed by atoms with Crippen LogP contribution in [0.1, 0.15) is 29.1 Å². The molecule has 0 aliphatic heterocycles. The van der Waals surface area contributed by atoms with E-state index < -0.39 is 0 Å². The van der Waals surface area contributed by atoms with E-state index in [0.29, 0.717) is 0 Å². The van der Waals surface area contributed by atoms with Crippen LogP contribution in [-0.4, -0.2) is 9.97 Å². The number of rotatable bonds is 3. The van der Waals surface area contributed by atoms with Crippen molar-refractivity contribution in [2.45, 2.75) is 31.2 Å². The van der Waals surface area contributed by atoms with Gasteiger partial charge in [0, 0.05) is 22.3 Å². The highest BCUT2D eigenvalue weighted by molar-refractivity contribution is 7.99. The van der Waals surface area contributed by atoms with Crippen LogP contribution in [0.5, 0.6) is 0 Å². The molecule has 0 spiro atoms. The lowest BCUT2D eigenvalue weighted by atomic mass is 10.1. The van der Waals surface area contributed by atoms with Gasteiger partial charge in [-0.25, -0.2) is 9.97 Å². The zero-order valence-corrected chi connectivity index (χ0v) is 11.7. The van der Waals surface area contributed by atoms with E-state index in [9.17, 15) is 0 Å². The topological polar surface area (TPSA) is 51.8 Å². The normalized spacial score (nSPS) is 12.4. The number of aryl methyl sites for hydroxylation is 2. The Morgan fingerprint density at radius 1 is 1.11 bits per heavy atom. The molecule has 0 saturated heterocycles. The van der Waals surface area contributed by atoms with Gasteiger partial charge in [-0.3, -0.25) is 0 Å². The Bertz CT molecular complexity index is 534. The van der Waals surface area contributed by atoms with Crippen LogP contribution in [0.15, 0.2) is 35.5 Å². The van der Waals surface area contributed by atoms with Gasteiger partial charge in [0.1, 0.15) is 0 Å². The second kappa shape index (κ2) is 5.40. The van der Waals surface area contributed by atoms with Crippen molar-refractivity contribution in [3.8, 4) is 0 Å². The third-order valence-electron chi connectivity index (χ3n) is 2.62. The van der Waals surface area contributed by atoms with E-state index in [1.165, 1.54) is 5.56 Å². The number of benzene rings is 1. The molecule has 4 heteroatoms. The fourth-order valence-electron chi connectivity index (χ4n) is 1.78. The van der Waals surface area contributed by atoms with Crippen molar-refractivity contribution in [2.24, 2.45) is 0 Å². The monoisotopic (exact) mass is 259 g/mol. The van der Waals surface area contributed by atoms with Gasteiger partial charge in [-0.2, -0.15) is 0 Å². The fourth-order valence-corrected chi connectivity index (χ4v) is 2.78. The smallest absolute Gasteiger partial charge is 0.188 e. The lowest BCUT2D eigenvalue weighted by Gasteiger charge is -2.11. The summed E-state index contributed by atoms with van der Waals surface area (Å²) in [6.07, 6.45) is 0. The maximum atomic E-state index is 5.80. The SMILES string of the molecule is Cc1cc(C)nc(SC(C)c2cccc(N)c2)n1. The molecule has 1 aromatic carbocycles. The van der Waals surface area contributed by atoms with Gasteiger partial charge in [0.25, 0.3) is 0 Å². The first kappa shape index (κ1) is 12.9. The molecule has 0 amide bonds. The highest BCUT2D eigenvalue weighted by Crippen LogP contribution is 2.33. The summed E-state index contributed by atoms with van der Waals surface area (Å²) in [6.45, 7) is 6.12. The number of hydrogen-bond acceptors (Lipinski definition) is 4. The first-order valence-electron chi connectivity index (χ1n) is 5.89. The zero-order chi connectivity index (χ0) is 13.1. The van der Waals surface area contributed by atoms with Crippen LogP contribution in [0, 0.1) is 13.8 Å². The Morgan fingerprint density at radius 3 is 2.39 bits per heavy atom. The maximum absolute atomic E-state index is 5.80. The van der Waals surface area contributed by atoms with Crippen molar-refractivity contribution in [3.63, 3.8) is 0 Å². The molecule has 2 N–H and O–H groups in total. The van der Waals surface area contributed by atoms with Crippen LogP contribution in [0.25, 0.3) is 0 Å². The number of nitrogens with two attached hydrogens (primary N) is 1. The number of anilines is 1. The van der Waals surface area contributed by atoms with Gasteiger partial charge in [-0.15, -0.1) is 0 Å². The second-order valence-corrected chi connectivity index (χ2v) is 5.67. The van der Waals surface area contributed by atoms with Crippen LogP contribution >= 0.6 is 11.8 Å². The molecule has 94 valence electrons. The van der Waals surface area contributed by atoms with E-state index in [2.05, 4.69) is 23.0 Å². The molecule has 2 aromatic rings. The molecule has 0 bridgehead atoms. The summed E-state index contributed by atoms with van der Waals surface area (Å²) in [4.78, 5) is 8.89. The van der Waals surface area contributed by atoms with Gasteiger partial charge in [0.15, 0.2) is 5.16 Å². The molecule has 1 heterocycles. The van der Waals surface area contributed by atoms with E-state index in [1.807, 2.05) is 38.1 Å². The summed E-state index contributed by atoms with van der Waals surface area (Å²) < 4.78 is 0. The van der Waals surface area contributed by atoms with Crippen LogP contribution in [0.3, 0.4) is 0 Å². The van der Waals surface area contributed by atoms with Crippen molar-refractivity contribution in [2.75, 3.05) is 5.73 Å². The lowest BCUT2D eigenvalue weighted by Crippen LogP contribution is -1.96. The van der Waals surface area contributed by atoms with Crippen LogP contribution in [-0.2, 0) is 0 Å². The van der Waals surface area contributed by atoms with E-state index in [4.69, 9.17) is 5.73 Å². The standard InChI is InChI=1S/C14H17N3S/c1-9-7-10(2)17-14(16-9)18-11(3)12-5-4-6-13(15)8-12/h4-8,11H,15H2,1-3H3. The van der Waals surface area contributed by atoms with Crippen molar-refractivity contribution in [3.05, 3.63) is 47.3 Å². The van der Waals surface area contributed by atoms with Crippen LogP contribution < -0.4 is 5.73 Å². The summed E-state index contributed by atoms with van der Waals surface area (Å²) in [5, 5.41) is 1.11. The van der Waals surface area contributed by atoms with Gasteiger partial charge in [0.05, 0.1) is 0 Å². The van der Waals surface area contributed by atoms with Crippen LogP contribution in [0.2, 0.25) is 0 Å². The summed E-state index contributed by atoms with van der Waals surface area (Å²) in [7, 11) is 0. The highest BCUT2D eigenvalue weighted by atomic mass is 32.2. The second-order valence-electron chi connectivity index (χ2n) is 4.36. The largest absolute Gasteiger partial charge is 0.399 e. The molecule has 0 aliphatic carbocycles. The maximum Gasteiger partial charge on any atom is 0.188 e. The summed E-state index contributed by atoms with van der Waals surface area (Å²) >= 11 is 1.66. The summed E-state index contributed by atoms with van der Waals surface area (Å²) in [5.41, 5.74) is 9.80. The minimum atomic E-state index is 0.287. The Morgan fingerprint density at radius 2 is 1.78 bits per heavy atom. The van der Waals surface area contributed by atoms with Gasteiger partial charge in [0.2, 0.25) is 0 Å². The van der Waals surface area contributed by atoms with Crippen LogP contribution in [0.4, 0.5) is 5.69 Å². The number of nitrogen functional groups attached to an aromatic ring is 1. The van der Waals surface area contributed by atoms with Gasteiger partial charge < -0.3 is 5.73 Å². The van der Waals surface area contributed by atoms with Crippen molar-refractivity contribution in [1.29, 1.82) is 0 Å². The summed E-state index contributed by atoms with van der Waals surface area (Å²) in [5.74, 6) is 0. The average molecular weight is 259 g/mol. The van der Waals surface area contributed by atoms with E-state index >= 15 is 0 Å². The molecule has 1 unspecified atom stereocenters. The first-order valence-corrected chi connectivity index (χ1v) is 6.77. The first-order chi connectivity index (χ1) is 8.54. The molecule has 0 saturated carbocycles. The highest BCUT2D eigenvalue weighted by Gasteiger charge is 2.10. The van der Waals surface area contributed by atoms with Gasteiger partial charge >= 0.3 is 0 Å². The van der Waals surface area contributed by atoms with Crippen molar-refractivity contribution < 1.29 is 0 Å². The molecule has 3 nitrogen and oxygen atoms in total. The lowest BCUT2D eigenvalue weighted by molar-refractivity contribution is 0.894. The minimum absolute atomic E-state index is 0.287. The average Bonchev–Trinajstić information content (AvgIpc) is 2.27. The Kier molecular flexibility index (Phi) is 3.87. The minimum Gasteiger partial charge on any atom is -0.399 e. The summed E-state index contributed by atoms with van der Waals surface area (Å²) in [6, 6.07) is 9.94. The zero-order valence-electron chi connectivity index (χ0n) is 10.8. The van der Waals surface area contributed by atoms with Gasteiger partial charge in [-0.1, -0.05) is 23.9 Å². The molecule has 0 radical (unpaired) electrons. The Labute approximate surface area is 112 Å². The van der Waals surface area contributed by atoms with E-state index in [1.54, 1.807) is 11.8 Å². The van der Waals surface area contributed by atoms with Crippen molar-refractivity contribution in [1.82, 2.24) is 9.97 Å². The number of thioether (sulfide) groups is 1. The quantitative estimate of drug-likeness (QED) is 0.520. The molecule has 1 aromatic heterocycles. The molecule has 18 heavy (non-hydrogen) atoms. The third kappa shape index (κ3) is 3.23. The van der Waals surface area contributed by atoms with Crippen molar-refractivity contribution >= 4 is 17.4 Å². The molecular formula is C14H17N3S.